The van der Waals surface area contributed by atoms with Crippen molar-refractivity contribution in [1.82, 2.24) is 5.32 Å². The van der Waals surface area contributed by atoms with Crippen molar-refractivity contribution in [2.24, 2.45) is 0 Å². The van der Waals surface area contributed by atoms with Crippen molar-refractivity contribution in [2.45, 2.75) is 45.6 Å². The van der Waals surface area contributed by atoms with E-state index in [0.29, 0.717) is 12.1 Å². The first-order valence-corrected chi connectivity index (χ1v) is 11.3. The topological polar surface area (TPSA) is 66.5 Å². The van der Waals surface area contributed by atoms with Gasteiger partial charge in [0.2, 0.25) is 15.9 Å². The Morgan fingerprint density at radius 2 is 1.72 bits per heavy atom. The largest absolute Gasteiger partial charge is 0.352 e. The van der Waals surface area contributed by atoms with E-state index in [1.807, 2.05) is 12.1 Å². The van der Waals surface area contributed by atoms with E-state index in [2.05, 4.69) is 38.2 Å². The van der Waals surface area contributed by atoms with Crippen molar-refractivity contribution in [3.63, 3.8) is 0 Å². The Labute approximate surface area is 173 Å². The summed E-state index contributed by atoms with van der Waals surface area (Å²) in [6, 6.07) is 12.2. The minimum atomic E-state index is -3.57. The Morgan fingerprint density at radius 1 is 1.14 bits per heavy atom. The molecular formula is C22H29FN2O3S. The van der Waals surface area contributed by atoms with E-state index < -0.39 is 21.8 Å². The highest BCUT2D eigenvalue weighted by molar-refractivity contribution is 7.92. The number of carbonyl (C=O) groups excluding carboxylic acids is 1. The van der Waals surface area contributed by atoms with Crippen LogP contribution >= 0.6 is 0 Å². The molecule has 0 radical (unpaired) electrons. The van der Waals surface area contributed by atoms with Crippen molar-refractivity contribution in [3.05, 3.63) is 65.0 Å². The molecule has 1 amide bonds. The number of carbonyl (C=O) groups is 1. The summed E-state index contributed by atoms with van der Waals surface area (Å²) in [5.41, 5.74) is 2.69. The summed E-state index contributed by atoms with van der Waals surface area (Å²) in [6.45, 7) is 8.49. The van der Waals surface area contributed by atoms with E-state index in [4.69, 9.17) is 0 Å². The molecular weight excluding hydrogens is 391 g/mol. The highest BCUT2D eigenvalue weighted by atomic mass is 32.2. The molecule has 0 bridgehead atoms. The van der Waals surface area contributed by atoms with Crippen LogP contribution < -0.4 is 9.62 Å². The molecule has 7 heteroatoms. The summed E-state index contributed by atoms with van der Waals surface area (Å²) >= 11 is 0. The van der Waals surface area contributed by atoms with Gasteiger partial charge in [-0.25, -0.2) is 12.8 Å². The lowest BCUT2D eigenvalue weighted by Crippen LogP contribution is -2.28. The van der Waals surface area contributed by atoms with E-state index in [1.165, 1.54) is 24.7 Å². The molecule has 0 saturated heterocycles. The van der Waals surface area contributed by atoms with Crippen molar-refractivity contribution >= 4 is 21.6 Å². The lowest BCUT2D eigenvalue weighted by molar-refractivity contribution is -0.122. The Hall–Kier alpha value is -2.41. The normalized spacial score (nSPS) is 13.1. The average molecular weight is 421 g/mol. The van der Waals surface area contributed by atoms with E-state index >= 15 is 0 Å². The van der Waals surface area contributed by atoms with Gasteiger partial charge in [-0.1, -0.05) is 51.1 Å². The smallest absolute Gasteiger partial charge is 0.232 e. The predicted octanol–water partition coefficient (Wildman–Crippen LogP) is 3.94. The Kier molecular flexibility index (Phi) is 6.73. The first kappa shape index (κ1) is 22.9. The summed E-state index contributed by atoms with van der Waals surface area (Å²) in [6.07, 6.45) is 1.00. The molecule has 158 valence electrons. The number of benzene rings is 2. The zero-order valence-corrected chi connectivity index (χ0v) is 18.6. The summed E-state index contributed by atoms with van der Waals surface area (Å²) in [4.78, 5) is 12.5. The van der Waals surface area contributed by atoms with Gasteiger partial charge >= 0.3 is 0 Å². The highest BCUT2D eigenvalue weighted by Gasteiger charge is 2.20. The third-order valence-corrected chi connectivity index (χ3v) is 6.18. The molecule has 1 atom stereocenters. The molecule has 29 heavy (non-hydrogen) atoms. The van der Waals surface area contributed by atoms with Crippen LogP contribution in [0.15, 0.2) is 42.5 Å². The number of rotatable bonds is 6. The molecule has 0 aliphatic carbocycles. The van der Waals surface area contributed by atoms with Gasteiger partial charge in [-0.05, 0) is 41.2 Å². The second-order valence-electron chi connectivity index (χ2n) is 8.33. The Balaban J connectivity index is 2.06. The van der Waals surface area contributed by atoms with Gasteiger partial charge in [0.1, 0.15) is 5.82 Å². The average Bonchev–Trinajstić information content (AvgIpc) is 2.63. The molecule has 2 aromatic rings. The maximum atomic E-state index is 14.4. The first-order valence-electron chi connectivity index (χ1n) is 9.41. The van der Waals surface area contributed by atoms with Gasteiger partial charge in [0.25, 0.3) is 0 Å². The molecule has 1 unspecified atom stereocenters. The van der Waals surface area contributed by atoms with Crippen LogP contribution in [0.2, 0.25) is 0 Å². The summed E-state index contributed by atoms with van der Waals surface area (Å²) < 4.78 is 38.5. The van der Waals surface area contributed by atoms with E-state index in [9.17, 15) is 17.6 Å². The lowest BCUT2D eigenvalue weighted by Gasteiger charge is -2.20. The number of halogens is 1. The van der Waals surface area contributed by atoms with Crippen molar-refractivity contribution in [2.75, 3.05) is 17.6 Å². The number of hydrogen-bond donors (Lipinski definition) is 1. The van der Waals surface area contributed by atoms with Gasteiger partial charge in [0.05, 0.1) is 17.9 Å². The maximum Gasteiger partial charge on any atom is 0.232 e. The van der Waals surface area contributed by atoms with Crippen LogP contribution in [0.4, 0.5) is 10.1 Å². The summed E-state index contributed by atoms with van der Waals surface area (Å²) in [5.74, 6) is -1.49. The molecule has 5 nitrogen and oxygen atoms in total. The fourth-order valence-corrected chi connectivity index (χ4v) is 3.35. The first-order chi connectivity index (χ1) is 13.3. The number of sulfonamides is 1. The molecule has 0 heterocycles. The molecule has 0 spiro atoms. The van der Waals surface area contributed by atoms with Crippen LogP contribution in [0, 0.1) is 5.82 Å². The van der Waals surface area contributed by atoms with Gasteiger partial charge in [-0.3, -0.25) is 9.10 Å². The third kappa shape index (κ3) is 5.79. The van der Waals surface area contributed by atoms with Crippen LogP contribution in [-0.4, -0.2) is 27.6 Å². The molecule has 0 saturated carbocycles. The van der Waals surface area contributed by atoms with Crippen LogP contribution in [0.5, 0.6) is 0 Å². The van der Waals surface area contributed by atoms with Crippen molar-refractivity contribution in [1.29, 1.82) is 0 Å². The van der Waals surface area contributed by atoms with Crippen LogP contribution in [0.1, 0.15) is 50.3 Å². The van der Waals surface area contributed by atoms with Gasteiger partial charge in [-0.15, -0.1) is 0 Å². The predicted molar refractivity (Wildman–Crippen MR) is 115 cm³/mol. The van der Waals surface area contributed by atoms with Gasteiger partial charge in [0.15, 0.2) is 0 Å². The highest BCUT2D eigenvalue weighted by Crippen LogP contribution is 2.26. The van der Waals surface area contributed by atoms with Crippen molar-refractivity contribution in [3.8, 4) is 0 Å². The summed E-state index contributed by atoms with van der Waals surface area (Å²) in [7, 11) is -2.28. The second-order valence-corrected chi connectivity index (χ2v) is 10.3. The standard InChI is InChI=1S/C22H29FN2O3S/c1-15(17-9-12-20(19(23)13-17)25(5)29(6,27)28)21(26)24-14-16-7-10-18(11-8-16)22(2,3)4/h7-13,15H,14H2,1-6H3,(H,24,26). The monoisotopic (exact) mass is 420 g/mol. The lowest BCUT2D eigenvalue weighted by atomic mass is 9.87. The summed E-state index contributed by atoms with van der Waals surface area (Å²) in [5, 5.41) is 2.87. The molecule has 2 rings (SSSR count). The molecule has 1 N–H and O–H groups in total. The number of anilines is 1. The fraction of sp³-hybridized carbons (Fsp3) is 0.409. The van der Waals surface area contributed by atoms with Gasteiger partial charge < -0.3 is 5.32 Å². The van der Waals surface area contributed by atoms with Gasteiger partial charge in [-0.2, -0.15) is 0 Å². The third-order valence-electron chi connectivity index (χ3n) is 4.99. The quantitative estimate of drug-likeness (QED) is 0.770. The number of nitrogens with zero attached hydrogens (tertiary/aromatic N) is 1. The zero-order valence-electron chi connectivity index (χ0n) is 17.8. The molecule has 0 fully saturated rings. The SMILES string of the molecule is CC(C(=O)NCc1ccc(C(C)(C)C)cc1)c1ccc(N(C)S(C)(=O)=O)c(F)c1. The number of hydrogen-bond acceptors (Lipinski definition) is 3. The number of nitrogens with one attached hydrogen (secondary N) is 1. The van der Waals surface area contributed by atoms with Crippen LogP contribution in [0.3, 0.4) is 0 Å². The fourth-order valence-electron chi connectivity index (χ4n) is 2.84. The van der Waals surface area contributed by atoms with Crippen molar-refractivity contribution < 1.29 is 17.6 Å². The molecule has 0 aliphatic heterocycles. The Morgan fingerprint density at radius 3 is 2.21 bits per heavy atom. The number of amides is 1. The van der Waals surface area contributed by atoms with E-state index in [1.54, 1.807) is 13.0 Å². The van der Waals surface area contributed by atoms with E-state index in [-0.39, 0.29) is 17.0 Å². The maximum absolute atomic E-state index is 14.4. The molecule has 2 aromatic carbocycles. The minimum absolute atomic E-state index is 0.0530. The second kappa shape index (κ2) is 8.53. The minimum Gasteiger partial charge on any atom is -0.352 e. The zero-order chi connectivity index (χ0) is 22.0. The van der Waals surface area contributed by atoms with Gasteiger partial charge in [0, 0.05) is 13.6 Å². The van der Waals surface area contributed by atoms with E-state index in [0.717, 1.165) is 16.1 Å². The molecule has 0 aromatic heterocycles. The Bertz CT molecular complexity index is 980. The van der Waals surface area contributed by atoms with Crippen LogP contribution in [-0.2, 0) is 26.8 Å². The van der Waals surface area contributed by atoms with Crippen LogP contribution in [0.25, 0.3) is 0 Å². The molecule has 0 aliphatic rings.